The van der Waals surface area contributed by atoms with Crippen LogP contribution in [-0.4, -0.2) is 42.0 Å². The van der Waals surface area contributed by atoms with Crippen LogP contribution in [0, 0.1) is 6.92 Å². The monoisotopic (exact) mass is 488 g/mol. The van der Waals surface area contributed by atoms with Crippen molar-refractivity contribution in [3.05, 3.63) is 95.6 Å². The third kappa shape index (κ3) is 7.87. The molecule has 0 spiro atoms. The minimum absolute atomic E-state index is 0.204. The van der Waals surface area contributed by atoms with E-state index >= 15 is 0 Å². The summed E-state index contributed by atoms with van der Waals surface area (Å²) < 4.78 is 11.2. The molecule has 0 aromatic heterocycles. The van der Waals surface area contributed by atoms with Crippen molar-refractivity contribution in [1.29, 1.82) is 0 Å². The summed E-state index contributed by atoms with van der Waals surface area (Å²) >= 11 is 0. The average Bonchev–Trinajstić information content (AvgIpc) is 2.84. The molecule has 0 saturated heterocycles. The lowest BCUT2D eigenvalue weighted by molar-refractivity contribution is -0.143. The molecule has 0 aliphatic carbocycles. The summed E-state index contributed by atoms with van der Waals surface area (Å²) in [6.07, 6.45) is 0.384. The van der Waals surface area contributed by atoms with E-state index in [1.54, 1.807) is 24.1 Å². The van der Waals surface area contributed by atoms with Crippen molar-refractivity contribution in [2.75, 3.05) is 13.7 Å². The third-order valence-electron chi connectivity index (χ3n) is 5.62. The number of benzene rings is 3. The second kappa shape index (κ2) is 12.2. The Morgan fingerprint density at radius 1 is 0.889 bits per heavy atom. The lowest BCUT2D eigenvalue weighted by Crippen LogP contribution is -2.55. The predicted octanol–water partition coefficient (Wildman–Crippen LogP) is 4.94. The standard InChI is InChI=1S/C30H36N2O4/c1-22-12-11-15-24(18-22)20-32(28(33)21-36-27-17-10-9-16-26(27)35-5)25(29(34)31-30(2,3)4)19-23-13-7-6-8-14-23/h6-18,25H,19-21H2,1-5H3,(H,31,34)/t25-/m1/s1. The van der Waals surface area contributed by atoms with E-state index in [1.165, 1.54) is 0 Å². The Hall–Kier alpha value is -3.80. The molecule has 0 unspecified atom stereocenters. The number of hydrogen-bond acceptors (Lipinski definition) is 4. The van der Waals surface area contributed by atoms with Crippen LogP contribution < -0.4 is 14.8 Å². The zero-order valence-electron chi connectivity index (χ0n) is 21.8. The maximum Gasteiger partial charge on any atom is 0.261 e. The minimum atomic E-state index is -0.721. The molecular weight excluding hydrogens is 452 g/mol. The van der Waals surface area contributed by atoms with Gasteiger partial charge in [-0.05, 0) is 51.0 Å². The van der Waals surface area contributed by atoms with E-state index in [4.69, 9.17) is 9.47 Å². The molecule has 0 bridgehead atoms. The molecule has 0 heterocycles. The van der Waals surface area contributed by atoms with Gasteiger partial charge in [0.1, 0.15) is 6.04 Å². The van der Waals surface area contributed by atoms with Crippen molar-refractivity contribution < 1.29 is 19.1 Å². The summed E-state index contributed by atoms with van der Waals surface area (Å²) in [5.74, 6) is 0.529. The van der Waals surface area contributed by atoms with Gasteiger partial charge in [0.2, 0.25) is 5.91 Å². The highest BCUT2D eigenvalue weighted by atomic mass is 16.5. The molecule has 1 atom stereocenters. The predicted molar refractivity (Wildman–Crippen MR) is 142 cm³/mol. The van der Waals surface area contributed by atoms with E-state index in [2.05, 4.69) is 5.32 Å². The van der Waals surface area contributed by atoms with Crippen LogP contribution in [0.25, 0.3) is 0 Å². The molecule has 6 heteroatoms. The van der Waals surface area contributed by atoms with Gasteiger partial charge in [0, 0.05) is 18.5 Å². The summed E-state index contributed by atoms with van der Waals surface area (Å²) in [5.41, 5.74) is 2.56. The molecule has 6 nitrogen and oxygen atoms in total. The fraction of sp³-hybridized carbons (Fsp3) is 0.333. The fourth-order valence-electron chi connectivity index (χ4n) is 3.97. The molecule has 3 aromatic carbocycles. The van der Waals surface area contributed by atoms with E-state index in [-0.39, 0.29) is 25.0 Å². The number of methoxy groups -OCH3 is 1. The number of nitrogens with one attached hydrogen (secondary N) is 1. The molecule has 36 heavy (non-hydrogen) atoms. The van der Waals surface area contributed by atoms with E-state index in [0.717, 1.165) is 16.7 Å². The molecule has 0 aliphatic rings. The number of ether oxygens (including phenoxy) is 2. The molecule has 2 amide bonds. The molecule has 0 radical (unpaired) electrons. The molecular formula is C30H36N2O4. The summed E-state index contributed by atoms with van der Waals surface area (Å²) in [4.78, 5) is 28.9. The van der Waals surface area contributed by atoms with Crippen LogP contribution in [0.1, 0.15) is 37.5 Å². The van der Waals surface area contributed by atoms with Gasteiger partial charge in [0.15, 0.2) is 18.1 Å². The first-order valence-corrected chi connectivity index (χ1v) is 12.1. The largest absolute Gasteiger partial charge is 0.493 e. The minimum Gasteiger partial charge on any atom is -0.493 e. The Bertz CT molecular complexity index is 1150. The van der Waals surface area contributed by atoms with Crippen molar-refractivity contribution in [3.63, 3.8) is 0 Å². The van der Waals surface area contributed by atoms with Crippen LogP contribution >= 0.6 is 0 Å². The number of rotatable bonds is 10. The average molecular weight is 489 g/mol. The van der Waals surface area contributed by atoms with Crippen LogP contribution in [-0.2, 0) is 22.6 Å². The number of nitrogens with zero attached hydrogens (tertiary/aromatic N) is 1. The zero-order valence-corrected chi connectivity index (χ0v) is 21.8. The number of para-hydroxylation sites is 2. The Morgan fingerprint density at radius 3 is 2.17 bits per heavy atom. The topological polar surface area (TPSA) is 67.9 Å². The van der Waals surface area contributed by atoms with Crippen LogP contribution in [0.3, 0.4) is 0 Å². The van der Waals surface area contributed by atoms with E-state index in [9.17, 15) is 9.59 Å². The number of carbonyl (C=O) groups is 2. The van der Waals surface area contributed by atoms with Gasteiger partial charge in [0.25, 0.3) is 5.91 Å². The third-order valence-corrected chi connectivity index (χ3v) is 5.62. The van der Waals surface area contributed by atoms with Gasteiger partial charge < -0.3 is 19.7 Å². The van der Waals surface area contributed by atoms with Gasteiger partial charge in [-0.25, -0.2) is 0 Å². The normalized spacial score (nSPS) is 11.9. The summed E-state index contributed by atoms with van der Waals surface area (Å²) in [7, 11) is 1.56. The van der Waals surface area contributed by atoms with Crippen LogP contribution in [0.2, 0.25) is 0 Å². The highest BCUT2D eigenvalue weighted by molar-refractivity contribution is 5.89. The Labute approximate surface area is 214 Å². The maximum absolute atomic E-state index is 13.7. The van der Waals surface area contributed by atoms with Crippen molar-refractivity contribution in [3.8, 4) is 11.5 Å². The van der Waals surface area contributed by atoms with Gasteiger partial charge in [-0.3, -0.25) is 9.59 Å². The summed E-state index contributed by atoms with van der Waals surface area (Å²) in [5, 5.41) is 3.07. The van der Waals surface area contributed by atoms with Crippen molar-refractivity contribution in [1.82, 2.24) is 10.2 Å². The first-order valence-electron chi connectivity index (χ1n) is 12.1. The number of aryl methyl sites for hydroxylation is 1. The van der Waals surface area contributed by atoms with E-state index in [1.807, 2.05) is 94.4 Å². The second-order valence-corrected chi connectivity index (χ2v) is 9.89. The van der Waals surface area contributed by atoms with Crippen molar-refractivity contribution in [2.24, 2.45) is 0 Å². The highest BCUT2D eigenvalue weighted by Gasteiger charge is 2.32. The van der Waals surface area contributed by atoms with Gasteiger partial charge in [-0.1, -0.05) is 72.3 Å². The van der Waals surface area contributed by atoms with Crippen LogP contribution in [0.5, 0.6) is 11.5 Å². The lowest BCUT2D eigenvalue weighted by Gasteiger charge is -2.34. The molecule has 3 aromatic rings. The fourth-order valence-corrected chi connectivity index (χ4v) is 3.97. The molecule has 190 valence electrons. The van der Waals surface area contributed by atoms with Gasteiger partial charge >= 0.3 is 0 Å². The van der Waals surface area contributed by atoms with E-state index < -0.39 is 11.6 Å². The highest BCUT2D eigenvalue weighted by Crippen LogP contribution is 2.26. The number of carbonyl (C=O) groups excluding carboxylic acids is 2. The smallest absolute Gasteiger partial charge is 0.261 e. The SMILES string of the molecule is COc1ccccc1OCC(=O)N(Cc1cccc(C)c1)[C@H](Cc1ccccc1)C(=O)NC(C)(C)C. The first-order chi connectivity index (χ1) is 17.2. The van der Waals surface area contributed by atoms with Crippen molar-refractivity contribution >= 4 is 11.8 Å². The maximum atomic E-state index is 13.7. The van der Waals surface area contributed by atoms with Crippen LogP contribution in [0.15, 0.2) is 78.9 Å². The summed E-state index contributed by atoms with van der Waals surface area (Å²) in [6, 6.07) is 24.2. The van der Waals surface area contributed by atoms with Crippen LogP contribution in [0.4, 0.5) is 0 Å². The second-order valence-electron chi connectivity index (χ2n) is 9.89. The van der Waals surface area contributed by atoms with E-state index in [0.29, 0.717) is 17.9 Å². The summed E-state index contributed by atoms with van der Waals surface area (Å²) in [6.45, 7) is 7.87. The quantitative estimate of drug-likeness (QED) is 0.439. The van der Waals surface area contributed by atoms with Gasteiger partial charge in [-0.2, -0.15) is 0 Å². The molecule has 0 fully saturated rings. The molecule has 1 N–H and O–H groups in total. The zero-order chi connectivity index (χ0) is 26.1. The number of amides is 2. The molecule has 3 rings (SSSR count). The molecule has 0 aliphatic heterocycles. The number of hydrogen-bond donors (Lipinski definition) is 1. The van der Waals surface area contributed by atoms with Crippen molar-refractivity contribution in [2.45, 2.75) is 52.2 Å². The Kier molecular flexibility index (Phi) is 9.12. The Morgan fingerprint density at radius 2 is 1.53 bits per heavy atom. The van der Waals surface area contributed by atoms with Gasteiger partial charge in [0.05, 0.1) is 7.11 Å². The Balaban J connectivity index is 1.94. The lowest BCUT2D eigenvalue weighted by atomic mass is 10.0. The first kappa shape index (κ1) is 26.8. The molecule has 0 saturated carbocycles. The van der Waals surface area contributed by atoms with Gasteiger partial charge in [-0.15, -0.1) is 0 Å².